The molecule has 1 saturated heterocycles. The normalized spacial score (nSPS) is 13.4. The van der Waals surface area contributed by atoms with Crippen LogP contribution in [-0.2, 0) is 6.54 Å². The molecule has 0 atom stereocenters. The third kappa shape index (κ3) is 6.81. The quantitative estimate of drug-likeness (QED) is 0.325. The van der Waals surface area contributed by atoms with E-state index in [2.05, 4.69) is 15.5 Å². The minimum absolute atomic E-state index is 0.0138. The third-order valence-electron chi connectivity index (χ3n) is 7.03. The molecule has 41 heavy (non-hydrogen) atoms. The number of nitrogens with one attached hydrogen (secondary N) is 2. The summed E-state index contributed by atoms with van der Waals surface area (Å²) in [6, 6.07) is 21.8. The number of halogens is 1. The Kier molecular flexibility index (Phi) is 8.43. The zero-order valence-corrected chi connectivity index (χ0v) is 22.7. The summed E-state index contributed by atoms with van der Waals surface area (Å²) in [5.41, 5.74) is 4.01. The number of aryl methyl sites for hydroxylation is 1. The molecule has 0 saturated carbocycles. The number of carbonyl (C=O) groups is 3. The molecule has 1 fully saturated rings. The third-order valence-corrected chi connectivity index (χ3v) is 7.03. The maximum Gasteiger partial charge on any atom is 0.291 e. The van der Waals surface area contributed by atoms with E-state index in [0.29, 0.717) is 48.7 Å². The summed E-state index contributed by atoms with van der Waals surface area (Å²) < 4.78 is 18.5. The smallest absolute Gasteiger partial charge is 0.291 e. The van der Waals surface area contributed by atoms with Crippen LogP contribution in [0.1, 0.15) is 48.8 Å². The molecule has 1 aromatic heterocycles. The first-order chi connectivity index (χ1) is 19.9. The largest absolute Gasteiger partial charge is 0.459 e. The fourth-order valence-corrected chi connectivity index (χ4v) is 4.79. The molecule has 0 aliphatic carbocycles. The van der Waals surface area contributed by atoms with Crippen molar-refractivity contribution in [3.05, 3.63) is 119 Å². The highest BCUT2D eigenvalue weighted by Crippen LogP contribution is 2.27. The summed E-state index contributed by atoms with van der Waals surface area (Å²) in [6.45, 7) is 4.48. The van der Waals surface area contributed by atoms with Gasteiger partial charge < -0.3 is 24.9 Å². The first-order valence-corrected chi connectivity index (χ1v) is 13.5. The number of carbonyl (C=O) groups excluding carboxylic acids is 3. The van der Waals surface area contributed by atoms with Crippen molar-refractivity contribution in [1.82, 2.24) is 10.2 Å². The van der Waals surface area contributed by atoms with Gasteiger partial charge in [0.1, 0.15) is 5.82 Å². The summed E-state index contributed by atoms with van der Waals surface area (Å²) >= 11 is 0. The minimum atomic E-state index is -0.430. The van der Waals surface area contributed by atoms with Crippen LogP contribution in [0.5, 0.6) is 0 Å². The van der Waals surface area contributed by atoms with Crippen LogP contribution in [-0.4, -0.2) is 48.8 Å². The Hall–Kier alpha value is -4.92. The van der Waals surface area contributed by atoms with Crippen molar-refractivity contribution in [1.29, 1.82) is 0 Å². The molecule has 0 radical (unpaired) electrons. The van der Waals surface area contributed by atoms with Crippen molar-refractivity contribution in [2.45, 2.75) is 19.9 Å². The number of rotatable bonds is 7. The number of hydrogen-bond donors (Lipinski definition) is 2. The van der Waals surface area contributed by atoms with Gasteiger partial charge in [0, 0.05) is 49.7 Å². The maximum atomic E-state index is 13.5. The Morgan fingerprint density at radius 2 is 1.66 bits per heavy atom. The molecule has 3 amide bonds. The predicted octanol–water partition coefficient (Wildman–Crippen LogP) is 5.26. The Morgan fingerprint density at radius 1 is 0.878 bits per heavy atom. The zero-order valence-electron chi connectivity index (χ0n) is 22.7. The summed E-state index contributed by atoms with van der Waals surface area (Å²) in [7, 11) is 0. The van der Waals surface area contributed by atoms with Gasteiger partial charge in [-0.2, -0.15) is 0 Å². The van der Waals surface area contributed by atoms with Crippen LogP contribution in [0.3, 0.4) is 0 Å². The fraction of sp³-hybridized carbons (Fsp3) is 0.219. The van der Waals surface area contributed by atoms with E-state index in [-0.39, 0.29) is 29.9 Å². The number of anilines is 2. The number of nitrogens with zero attached hydrogens (tertiary/aromatic N) is 2. The van der Waals surface area contributed by atoms with Crippen LogP contribution < -0.4 is 15.5 Å². The van der Waals surface area contributed by atoms with Crippen LogP contribution in [0.2, 0.25) is 0 Å². The van der Waals surface area contributed by atoms with E-state index in [4.69, 9.17) is 4.42 Å². The molecular weight excluding hydrogens is 523 g/mol. The molecular formula is C32H31FN4O4. The first kappa shape index (κ1) is 27.6. The monoisotopic (exact) mass is 554 g/mol. The number of hydrogen-bond acceptors (Lipinski definition) is 5. The predicted molar refractivity (Wildman–Crippen MR) is 155 cm³/mol. The highest BCUT2D eigenvalue weighted by molar-refractivity contribution is 6.05. The molecule has 1 aliphatic heterocycles. The average Bonchev–Trinajstić information content (AvgIpc) is 3.42. The van der Waals surface area contributed by atoms with E-state index in [9.17, 15) is 18.8 Å². The topological polar surface area (TPSA) is 94.9 Å². The van der Waals surface area contributed by atoms with E-state index in [1.54, 1.807) is 36.4 Å². The Morgan fingerprint density at radius 3 is 2.39 bits per heavy atom. The molecule has 8 nitrogen and oxygen atoms in total. The lowest BCUT2D eigenvalue weighted by Gasteiger charge is -2.26. The lowest BCUT2D eigenvalue weighted by molar-refractivity contribution is 0.0766. The fourth-order valence-electron chi connectivity index (χ4n) is 4.79. The van der Waals surface area contributed by atoms with Gasteiger partial charge in [-0.15, -0.1) is 0 Å². The molecule has 0 unspecified atom stereocenters. The van der Waals surface area contributed by atoms with Crippen molar-refractivity contribution in [2.24, 2.45) is 0 Å². The zero-order chi connectivity index (χ0) is 28.8. The highest BCUT2D eigenvalue weighted by Gasteiger charge is 2.24. The summed E-state index contributed by atoms with van der Waals surface area (Å²) in [6.07, 6.45) is 2.14. The number of amides is 3. The van der Waals surface area contributed by atoms with Crippen molar-refractivity contribution in [2.75, 3.05) is 36.4 Å². The van der Waals surface area contributed by atoms with Gasteiger partial charge in [-0.25, -0.2) is 4.39 Å². The van der Waals surface area contributed by atoms with Crippen molar-refractivity contribution in [3.8, 4) is 0 Å². The van der Waals surface area contributed by atoms with E-state index < -0.39 is 5.91 Å². The average molecular weight is 555 g/mol. The second-order valence-electron chi connectivity index (χ2n) is 9.97. The standard InChI is InChI=1S/C32H31FN4O4/c1-22-5-9-24(10-6-22)32(40)37-16-3-15-36(17-18-37)28-14-13-26(35-31(39)29-4-2-19-41-29)20-27(28)30(38)34-21-23-7-11-25(33)12-8-23/h2,4-14,19-20H,3,15-18,21H2,1H3,(H,34,38)(H,35,39). The lowest BCUT2D eigenvalue weighted by Crippen LogP contribution is -2.36. The van der Waals surface area contributed by atoms with Crippen LogP contribution in [0.25, 0.3) is 0 Å². The summed E-state index contributed by atoms with van der Waals surface area (Å²) in [5.74, 6) is -0.975. The molecule has 1 aliphatic rings. The van der Waals surface area contributed by atoms with E-state index >= 15 is 0 Å². The van der Waals surface area contributed by atoms with E-state index in [0.717, 1.165) is 17.5 Å². The van der Waals surface area contributed by atoms with Gasteiger partial charge in [-0.05, 0) is 73.5 Å². The highest BCUT2D eigenvalue weighted by atomic mass is 19.1. The summed E-state index contributed by atoms with van der Waals surface area (Å²) in [4.78, 5) is 43.1. The molecule has 0 bridgehead atoms. The van der Waals surface area contributed by atoms with Gasteiger partial charge in [-0.1, -0.05) is 29.8 Å². The first-order valence-electron chi connectivity index (χ1n) is 13.5. The molecule has 4 aromatic rings. The van der Waals surface area contributed by atoms with Gasteiger partial charge >= 0.3 is 0 Å². The van der Waals surface area contributed by atoms with Gasteiger partial charge in [0.15, 0.2) is 5.76 Å². The number of furan rings is 1. The van der Waals surface area contributed by atoms with Gasteiger partial charge in [-0.3, -0.25) is 14.4 Å². The van der Waals surface area contributed by atoms with Gasteiger partial charge in [0.25, 0.3) is 17.7 Å². The molecule has 2 N–H and O–H groups in total. The minimum Gasteiger partial charge on any atom is -0.459 e. The van der Waals surface area contributed by atoms with Crippen molar-refractivity contribution >= 4 is 29.1 Å². The van der Waals surface area contributed by atoms with Crippen molar-refractivity contribution < 1.29 is 23.2 Å². The Balaban J connectivity index is 1.35. The summed E-state index contributed by atoms with van der Waals surface area (Å²) in [5, 5.41) is 5.69. The second kappa shape index (κ2) is 12.5. The van der Waals surface area contributed by atoms with E-state index in [1.807, 2.05) is 42.2 Å². The van der Waals surface area contributed by atoms with Crippen LogP contribution in [0, 0.1) is 12.7 Å². The Bertz CT molecular complexity index is 1520. The molecule has 5 rings (SSSR count). The Labute approximate surface area is 237 Å². The van der Waals surface area contributed by atoms with Crippen molar-refractivity contribution in [3.63, 3.8) is 0 Å². The SMILES string of the molecule is Cc1ccc(C(=O)N2CCCN(c3ccc(NC(=O)c4ccco4)cc3C(=O)NCc3ccc(F)cc3)CC2)cc1. The van der Waals surface area contributed by atoms with E-state index in [1.165, 1.54) is 18.4 Å². The molecule has 210 valence electrons. The van der Waals surface area contributed by atoms with Crippen LogP contribution >= 0.6 is 0 Å². The molecule has 9 heteroatoms. The molecule has 2 heterocycles. The van der Waals surface area contributed by atoms with Gasteiger partial charge in [0.05, 0.1) is 11.8 Å². The van der Waals surface area contributed by atoms with Gasteiger partial charge in [0.2, 0.25) is 0 Å². The lowest BCUT2D eigenvalue weighted by atomic mass is 10.1. The molecule has 3 aromatic carbocycles. The van der Waals surface area contributed by atoms with Crippen LogP contribution in [0.15, 0.2) is 89.5 Å². The second-order valence-corrected chi connectivity index (χ2v) is 9.97. The molecule has 0 spiro atoms. The van der Waals surface area contributed by atoms with Crippen LogP contribution in [0.4, 0.5) is 15.8 Å². The maximum absolute atomic E-state index is 13.5. The number of benzene rings is 3.